The SMILES string of the molecule is CCc1ccc([C@@H](O)COc2ccc(CC3(C(=O)OCc4ccccc4)SC(=O)NC3=O)cc2)nc1. The Morgan fingerprint density at radius 1 is 1.03 bits per heavy atom. The molecule has 36 heavy (non-hydrogen) atoms. The Morgan fingerprint density at radius 3 is 2.36 bits per heavy atom. The number of imide groups is 1. The molecule has 0 aliphatic carbocycles. The van der Waals surface area contributed by atoms with Gasteiger partial charge in [-0.1, -0.05) is 55.5 Å². The Hall–Kier alpha value is -3.69. The van der Waals surface area contributed by atoms with Crippen molar-refractivity contribution in [3.8, 4) is 5.75 Å². The molecule has 2 heterocycles. The number of amides is 2. The molecule has 1 aliphatic heterocycles. The number of hydrogen-bond donors (Lipinski definition) is 2. The van der Waals surface area contributed by atoms with E-state index in [9.17, 15) is 19.5 Å². The van der Waals surface area contributed by atoms with Crippen LogP contribution in [0.4, 0.5) is 4.79 Å². The topological polar surface area (TPSA) is 115 Å². The van der Waals surface area contributed by atoms with Crippen LogP contribution in [-0.2, 0) is 33.8 Å². The molecule has 0 bridgehead atoms. The van der Waals surface area contributed by atoms with Crippen molar-refractivity contribution >= 4 is 28.9 Å². The number of nitrogens with zero attached hydrogens (tertiary/aromatic N) is 1. The summed E-state index contributed by atoms with van der Waals surface area (Å²) in [5.74, 6) is -0.964. The van der Waals surface area contributed by atoms with Crippen molar-refractivity contribution in [3.05, 3.63) is 95.3 Å². The zero-order chi connectivity index (χ0) is 25.5. The molecule has 2 atom stereocenters. The number of ether oxygens (including phenoxy) is 2. The molecule has 3 aromatic rings. The second kappa shape index (κ2) is 11.4. The molecule has 1 aliphatic rings. The first-order valence-corrected chi connectivity index (χ1v) is 12.3. The number of pyridine rings is 1. The summed E-state index contributed by atoms with van der Waals surface area (Å²) in [7, 11) is 0. The fourth-order valence-corrected chi connectivity index (χ4v) is 4.67. The summed E-state index contributed by atoms with van der Waals surface area (Å²) in [5, 5.41) is 12.0. The van der Waals surface area contributed by atoms with E-state index in [0.717, 1.165) is 17.5 Å². The van der Waals surface area contributed by atoms with Gasteiger partial charge in [0.15, 0.2) is 0 Å². The number of aromatic nitrogens is 1. The largest absolute Gasteiger partial charge is 0.490 e. The standard InChI is InChI=1S/C27H26N2O6S/c1-2-18-10-13-22(28-15-18)23(30)17-34-21-11-8-19(9-12-21)14-27(24(31)29-26(33)36-27)25(32)35-16-20-6-4-3-5-7-20/h3-13,15,23,30H,2,14,16-17H2,1H3,(H,29,31,33)/t23-,27?/m0/s1. The summed E-state index contributed by atoms with van der Waals surface area (Å²) >= 11 is 0.632. The number of aliphatic hydroxyl groups excluding tert-OH is 1. The smallest absolute Gasteiger partial charge is 0.333 e. The van der Waals surface area contributed by atoms with Crippen molar-refractivity contribution < 1.29 is 29.0 Å². The van der Waals surface area contributed by atoms with Gasteiger partial charge >= 0.3 is 5.97 Å². The number of aryl methyl sites for hydroxylation is 1. The van der Waals surface area contributed by atoms with Crippen LogP contribution in [0.1, 0.15) is 35.4 Å². The first-order chi connectivity index (χ1) is 17.4. The summed E-state index contributed by atoms with van der Waals surface area (Å²) < 4.78 is 9.39. The lowest BCUT2D eigenvalue weighted by atomic mass is 9.97. The van der Waals surface area contributed by atoms with Gasteiger partial charge in [0, 0.05) is 12.6 Å². The maximum Gasteiger partial charge on any atom is 0.333 e. The van der Waals surface area contributed by atoms with Gasteiger partial charge in [0.05, 0.1) is 5.69 Å². The molecule has 4 rings (SSSR count). The molecule has 2 N–H and O–H groups in total. The normalized spacial score (nSPS) is 17.9. The Labute approximate surface area is 213 Å². The highest BCUT2D eigenvalue weighted by molar-refractivity contribution is 8.16. The Balaban J connectivity index is 1.39. The molecule has 0 saturated carbocycles. The molecule has 1 fully saturated rings. The van der Waals surface area contributed by atoms with Crippen LogP contribution < -0.4 is 10.1 Å². The Bertz CT molecular complexity index is 1220. The molecular weight excluding hydrogens is 480 g/mol. The number of rotatable bonds is 10. The summed E-state index contributed by atoms with van der Waals surface area (Å²) in [6.45, 7) is 2.04. The van der Waals surface area contributed by atoms with Gasteiger partial charge in [0.25, 0.3) is 11.1 Å². The molecule has 2 aromatic carbocycles. The summed E-state index contributed by atoms with van der Waals surface area (Å²) in [6.07, 6.45) is 1.69. The van der Waals surface area contributed by atoms with Crippen molar-refractivity contribution in [2.75, 3.05) is 6.61 Å². The third-order valence-electron chi connectivity index (χ3n) is 5.77. The van der Waals surface area contributed by atoms with Crippen LogP contribution in [0, 0.1) is 0 Å². The van der Waals surface area contributed by atoms with E-state index < -0.39 is 28.0 Å². The number of carbonyl (C=O) groups excluding carboxylic acids is 3. The molecule has 0 radical (unpaired) electrons. The minimum atomic E-state index is -1.71. The van der Waals surface area contributed by atoms with Crippen molar-refractivity contribution in [1.29, 1.82) is 0 Å². The maximum absolute atomic E-state index is 13.0. The van der Waals surface area contributed by atoms with Gasteiger partial charge in [-0.15, -0.1) is 0 Å². The predicted octanol–water partition coefficient (Wildman–Crippen LogP) is 3.76. The third-order valence-corrected chi connectivity index (χ3v) is 6.91. The van der Waals surface area contributed by atoms with E-state index in [4.69, 9.17) is 9.47 Å². The number of esters is 1. The summed E-state index contributed by atoms with van der Waals surface area (Å²) in [5.41, 5.74) is 3.03. The molecule has 2 amide bonds. The second-order valence-electron chi connectivity index (χ2n) is 8.32. The van der Waals surface area contributed by atoms with Gasteiger partial charge in [-0.3, -0.25) is 19.9 Å². The minimum Gasteiger partial charge on any atom is -0.490 e. The lowest BCUT2D eigenvalue weighted by Gasteiger charge is -2.22. The van der Waals surface area contributed by atoms with Crippen LogP contribution in [0.2, 0.25) is 0 Å². The molecule has 1 saturated heterocycles. The Kier molecular flexibility index (Phi) is 8.02. The molecule has 0 spiro atoms. The average molecular weight is 507 g/mol. The van der Waals surface area contributed by atoms with Gasteiger partial charge in [-0.25, -0.2) is 4.79 Å². The quantitative estimate of drug-likeness (QED) is 0.316. The minimum absolute atomic E-state index is 0.00537. The van der Waals surface area contributed by atoms with Gasteiger partial charge in [-0.2, -0.15) is 0 Å². The van der Waals surface area contributed by atoms with Crippen molar-refractivity contribution in [1.82, 2.24) is 10.3 Å². The van der Waals surface area contributed by atoms with Gasteiger partial charge < -0.3 is 14.6 Å². The number of thioether (sulfide) groups is 1. The van der Waals surface area contributed by atoms with Gasteiger partial charge in [0.1, 0.15) is 25.1 Å². The van der Waals surface area contributed by atoms with Crippen molar-refractivity contribution in [2.24, 2.45) is 0 Å². The fraction of sp³-hybridized carbons (Fsp3) is 0.259. The highest BCUT2D eigenvalue weighted by Gasteiger charge is 2.55. The highest BCUT2D eigenvalue weighted by Crippen LogP contribution is 2.37. The van der Waals surface area contributed by atoms with Crippen LogP contribution in [0.5, 0.6) is 5.75 Å². The number of nitrogens with one attached hydrogen (secondary N) is 1. The molecule has 9 heteroatoms. The van der Waals surface area contributed by atoms with Crippen molar-refractivity contribution in [2.45, 2.75) is 37.2 Å². The van der Waals surface area contributed by atoms with Crippen LogP contribution >= 0.6 is 11.8 Å². The van der Waals surface area contributed by atoms with E-state index in [0.29, 0.717) is 28.8 Å². The summed E-state index contributed by atoms with van der Waals surface area (Å²) in [6, 6.07) is 19.6. The number of aliphatic hydroxyl groups is 1. The van der Waals surface area contributed by atoms with Crippen LogP contribution in [0.15, 0.2) is 72.9 Å². The third kappa shape index (κ3) is 5.92. The number of carbonyl (C=O) groups is 3. The Morgan fingerprint density at radius 2 is 1.75 bits per heavy atom. The lowest BCUT2D eigenvalue weighted by Crippen LogP contribution is -2.46. The van der Waals surface area contributed by atoms with Gasteiger partial charge in [0.2, 0.25) is 4.75 Å². The van der Waals surface area contributed by atoms with Gasteiger partial charge in [-0.05, 0) is 53.1 Å². The number of benzene rings is 2. The van der Waals surface area contributed by atoms with E-state index in [1.54, 1.807) is 48.7 Å². The molecule has 1 unspecified atom stereocenters. The van der Waals surface area contributed by atoms with Crippen LogP contribution in [-0.4, -0.2) is 38.6 Å². The van der Waals surface area contributed by atoms with E-state index in [1.807, 2.05) is 31.2 Å². The molecule has 1 aromatic heterocycles. The van der Waals surface area contributed by atoms with Crippen molar-refractivity contribution in [3.63, 3.8) is 0 Å². The monoisotopic (exact) mass is 506 g/mol. The second-order valence-corrected chi connectivity index (χ2v) is 9.60. The maximum atomic E-state index is 13.0. The first kappa shape index (κ1) is 25.4. The summed E-state index contributed by atoms with van der Waals surface area (Å²) in [4.78, 5) is 41.9. The van der Waals surface area contributed by atoms with E-state index in [1.165, 1.54) is 0 Å². The first-order valence-electron chi connectivity index (χ1n) is 11.5. The zero-order valence-electron chi connectivity index (χ0n) is 19.7. The molecular formula is C27H26N2O6S. The predicted molar refractivity (Wildman–Crippen MR) is 134 cm³/mol. The lowest BCUT2D eigenvalue weighted by molar-refractivity contribution is -0.150. The zero-order valence-corrected chi connectivity index (χ0v) is 20.5. The van der Waals surface area contributed by atoms with E-state index in [-0.39, 0.29) is 19.6 Å². The highest BCUT2D eigenvalue weighted by atomic mass is 32.2. The van der Waals surface area contributed by atoms with Crippen LogP contribution in [0.25, 0.3) is 0 Å². The number of hydrogen-bond acceptors (Lipinski definition) is 8. The van der Waals surface area contributed by atoms with E-state index >= 15 is 0 Å². The van der Waals surface area contributed by atoms with Crippen LogP contribution in [0.3, 0.4) is 0 Å². The molecule has 186 valence electrons. The average Bonchev–Trinajstić information content (AvgIpc) is 3.20. The molecule has 8 nitrogen and oxygen atoms in total. The van der Waals surface area contributed by atoms with E-state index in [2.05, 4.69) is 10.3 Å². The fourth-order valence-electron chi connectivity index (χ4n) is 3.68.